The normalized spacial score (nSPS) is 12.5. The maximum absolute atomic E-state index is 6.38. The first-order valence-corrected chi connectivity index (χ1v) is 7.36. The summed E-state index contributed by atoms with van der Waals surface area (Å²) < 4.78 is 1.08. The molecule has 3 aromatic rings. The van der Waals surface area contributed by atoms with E-state index in [0.717, 1.165) is 21.8 Å². The zero-order valence-corrected chi connectivity index (χ0v) is 12.5. The number of nitrogens with zero attached hydrogens (tertiary/aromatic N) is 1. The van der Waals surface area contributed by atoms with Crippen LogP contribution >= 0.6 is 15.9 Å². The molecule has 0 saturated heterocycles. The quantitative estimate of drug-likeness (QED) is 0.781. The summed E-state index contributed by atoms with van der Waals surface area (Å²) >= 11 is 3.45. The number of hydrogen-bond donors (Lipinski definition) is 1. The molecule has 1 atom stereocenters. The standard InChI is InChI=1S/C17H15BrN2/c18-14-7-5-12(6-8-14)9-17(19)16-11-20-10-13-3-1-2-4-15(13)16/h1-8,10-11,17H,9,19H2. The molecule has 0 bridgehead atoms. The van der Waals surface area contributed by atoms with Crippen molar-refractivity contribution in [2.45, 2.75) is 12.5 Å². The number of pyridine rings is 1. The second kappa shape index (κ2) is 5.73. The van der Waals surface area contributed by atoms with Crippen LogP contribution in [-0.4, -0.2) is 4.98 Å². The van der Waals surface area contributed by atoms with E-state index < -0.39 is 0 Å². The van der Waals surface area contributed by atoms with Gasteiger partial charge in [-0.3, -0.25) is 4.98 Å². The summed E-state index contributed by atoms with van der Waals surface area (Å²) in [5.74, 6) is 0. The van der Waals surface area contributed by atoms with Crippen molar-refractivity contribution in [3.05, 3.63) is 76.5 Å². The molecular weight excluding hydrogens is 312 g/mol. The first-order chi connectivity index (χ1) is 9.74. The van der Waals surface area contributed by atoms with Gasteiger partial charge in [0.25, 0.3) is 0 Å². The first-order valence-electron chi connectivity index (χ1n) is 6.57. The summed E-state index contributed by atoms with van der Waals surface area (Å²) in [5, 5.41) is 2.32. The van der Waals surface area contributed by atoms with Gasteiger partial charge in [-0.2, -0.15) is 0 Å². The maximum atomic E-state index is 6.38. The van der Waals surface area contributed by atoms with Gasteiger partial charge in [-0.1, -0.05) is 52.3 Å². The molecule has 1 heterocycles. The van der Waals surface area contributed by atoms with Gasteiger partial charge in [0, 0.05) is 28.3 Å². The van der Waals surface area contributed by atoms with E-state index in [1.54, 1.807) is 0 Å². The van der Waals surface area contributed by atoms with Gasteiger partial charge in [0.1, 0.15) is 0 Å². The average Bonchev–Trinajstić information content (AvgIpc) is 2.49. The van der Waals surface area contributed by atoms with Crippen molar-refractivity contribution in [3.63, 3.8) is 0 Å². The molecule has 2 N–H and O–H groups in total. The van der Waals surface area contributed by atoms with E-state index in [4.69, 9.17) is 5.73 Å². The Morgan fingerprint density at radius 1 is 1.00 bits per heavy atom. The van der Waals surface area contributed by atoms with Crippen LogP contribution in [-0.2, 0) is 6.42 Å². The van der Waals surface area contributed by atoms with Crippen molar-refractivity contribution in [2.24, 2.45) is 5.73 Å². The van der Waals surface area contributed by atoms with Crippen LogP contribution in [0.2, 0.25) is 0 Å². The van der Waals surface area contributed by atoms with Crippen molar-refractivity contribution in [1.82, 2.24) is 4.98 Å². The molecular formula is C17H15BrN2. The maximum Gasteiger partial charge on any atom is 0.0357 e. The summed E-state index contributed by atoms with van der Waals surface area (Å²) in [6, 6.07) is 16.5. The Bertz CT molecular complexity index is 717. The number of aromatic nitrogens is 1. The Morgan fingerprint density at radius 3 is 2.55 bits per heavy atom. The molecule has 2 nitrogen and oxygen atoms in total. The zero-order valence-electron chi connectivity index (χ0n) is 11.0. The Balaban J connectivity index is 1.92. The fraction of sp³-hybridized carbons (Fsp3) is 0.118. The third kappa shape index (κ3) is 2.74. The van der Waals surface area contributed by atoms with Crippen LogP contribution in [0.1, 0.15) is 17.2 Å². The number of benzene rings is 2. The number of halogens is 1. The van der Waals surface area contributed by atoms with Crippen LogP contribution in [0.25, 0.3) is 10.8 Å². The van der Waals surface area contributed by atoms with Crippen LogP contribution in [0, 0.1) is 0 Å². The highest BCUT2D eigenvalue weighted by Gasteiger charge is 2.11. The predicted octanol–water partition coefficient (Wildman–Crippen LogP) is 4.24. The van der Waals surface area contributed by atoms with Crippen LogP contribution in [0.4, 0.5) is 0 Å². The van der Waals surface area contributed by atoms with Crippen LogP contribution in [0.15, 0.2) is 65.4 Å². The molecule has 0 saturated carbocycles. The Labute approximate surface area is 126 Å². The van der Waals surface area contributed by atoms with E-state index in [0.29, 0.717) is 0 Å². The van der Waals surface area contributed by atoms with Gasteiger partial charge in [0.05, 0.1) is 0 Å². The van der Waals surface area contributed by atoms with Crippen molar-refractivity contribution < 1.29 is 0 Å². The lowest BCUT2D eigenvalue weighted by Crippen LogP contribution is -2.14. The van der Waals surface area contributed by atoms with Gasteiger partial charge in [-0.05, 0) is 35.1 Å². The van der Waals surface area contributed by atoms with Crippen LogP contribution in [0.5, 0.6) is 0 Å². The van der Waals surface area contributed by atoms with Crippen LogP contribution < -0.4 is 5.73 Å². The number of rotatable bonds is 3. The molecule has 3 heteroatoms. The van der Waals surface area contributed by atoms with Crippen molar-refractivity contribution in [3.8, 4) is 0 Å². The molecule has 0 aliphatic rings. The van der Waals surface area contributed by atoms with E-state index in [9.17, 15) is 0 Å². The second-order valence-electron chi connectivity index (χ2n) is 4.89. The van der Waals surface area contributed by atoms with E-state index in [1.807, 2.05) is 36.7 Å². The van der Waals surface area contributed by atoms with Gasteiger partial charge in [-0.25, -0.2) is 0 Å². The fourth-order valence-electron chi connectivity index (χ4n) is 2.42. The number of hydrogen-bond acceptors (Lipinski definition) is 2. The minimum Gasteiger partial charge on any atom is -0.324 e. The molecule has 3 rings (SSSR count). The van der Waals surface area contributed by atoms with Gasteiger partial charge in [0.15, 0.2) is 0 Å². The molecule has 0 radical (unpaired) electrons. The number of fused-ring (bicyclic) bond motifs is 1. The molecule has 0 aliphatic carbocycles. The molecule has 0 amide bonds. The van der Waals surface area contributed by atoms with Gasteiger partial charge >= 0.3 is 0 Å². The largest absolute Gasteiger partial charge is 0.324 e. The molecule has 0 aliphatic heterocycles. The highest BCUT2D eigenvalue weighted by Crippen LogP contribution is 2.24. The van der Waals surface area contributed by atoms with Crippen molar-refractivity contribution >= 4 is 26.7 Å². The molecule has 2 aromatic carbocycles. The minimum absolute atomic E-state index is 0.0465. The summed E-state index contributed by atoms with van der Waals surface area (Å²) in [7, 11) is 0. The van der Waals surface area contributed by atoms with E-state index in [-0.39, 0.29) is 6.04 Å². The molecule has 20 heavy (non-hydrogen) atoms. The lowest BCUT2D eigenvalue weighted by Gasteiger charge is -2.14. The molecule has 100 valence electrons. The van der Waals surface area contributed by atoms with Gasteiger partial charge in [-0.15, -0.1) is 0 Å². The Morgan fingerprint density at radius 2 is 1.75 bits per heavy atom. The third-order valence-electron chi connectivity index (χ3n) is 3.47. The number of nitrogens with two attached hydrogens (primary N) is 1. The topological polar surface area (TPSA) is 38.9 Å². The Hall–Kier alpha value is -1.71. The van der Waals surface area contributed by atoms with Crippen molar-refractivity contribution in [2.75, 3.05) is 0 Å². The van der Waals surface area contributed by atoms with Gasteiger partial charge < -0.3 is 5.73 Å². The lowest BCUT2D eigenvalue weighted by atomic mass is 9.97. The van der Waals surface area contributed by atoms with E-state index in [2.05, 4.69) is 45.2 Å². The summed E-state index contributed by atoms with van der Waals surface area (Å²) in [4.78, 5) is 4.30. The van der Waals surface area contributed by atoms with E-state index in [1.165, 1.54) is 10.9 Å². The molecule has 1 aromatic heterocycles. The molecule has 0 fully saturated rings. The summed E-state index contributed by atoms with van der Waals surface area (Å²) in [6.45, 7) is 0. The van der Waals surface area contributed by atoms with Gasteiger partial charge in [0.2, 0.25) is 0 Å². The summed E-state index contributed by atoms with van der Waals surface area (Å²) in [6.07, 6.45) is 4.57. The zero-order chi connectivity index (χ0) is 13.9. The lowest BCUT2D eigenvalue weighted by molar-refractivity contribution is 0.724. The predicted molar refractivity (Wildman–Crippen MR) is 86.5 cm³/mol. The van der Waals surface area contributed by atoms with Crippen molar-refractivity contribution in [1.29, 1.82) is 0 Å². The average molecular weight is 327 g/mol. The smallest absolute Gasteiger partial charge is 0.0357 e. The monoisotopic (exact) mass is 326 g/mol. The molecule has 1 unspecified atom stereocenters. The fourth-order valence-corrected chi connectivity index (χ4v) is 2.68. The SMILES string of the molecule is NC(Cc1ccc(Br)cc1)c1cncc2ccccc12. The van der Waals surface area contributed by atoms with Crippen LogP contribution in [0.3, 0.4) is 0 Å². The van der Waals surface area contributed by atoms with E-state index >= 15 is 0 Å². The first kappa shape index (κ1) is 13.3. The highest BCUT2D eigenvalue weighted by atomic mass is 79.9. The molecule has 0 spiro atoms. The minimum atomic E-state index is -0.0465. The summed E-state index contributed by atoms with van der Waals surface area (Å²) in [5.41, 5.74) is 8.71. The second-order valence-corrected chi connectivity index (χ2v) is 5.80. The third-order valence-corrected chi connectivity index (χ3v) is 4.00. The Kier molecular flexibility index (Phi) is 3.81. The highest BCUT2D eigenvalue weighted by molar-refractivity contribution is 9.10.